The quantitative estimate of drug-likeness (QED) is 0.615. The number of carbonyl (C=O) groups excluding carboxylic acids is 1. The molecular formula is C22H18N2O4S. The number of primary sulfonamides is 1. The van der Waals surface area contributed by atoms with Gasteiger partial charge < -0.3 is 4.74 Å². The lowest BCUT2D eigenvalue weighted by molar-refractivity contribution is 0.0988. The van der Waals surface area contributed by atoms with Crippen LogP contribution in [-0.2, 0) is 10.0 Å². The number of rotatable bonds is 6. The average Bonchev–Trinajstić information content (AvgIpc) is 2.73. The molecule has 0 aliphatic rings. The van der Waals surface area contributed by atoms with Gasteiger partial charge >= 0.3 is 0 Å². The second kappa shape index (κ2) is 8.27. The van der Waals surface area contributed by atoms with Crippen LogP contribution in [0.5, 0.6) is 11.5 Å². The molecule has 0 aliphatic carbocycles. The summed E-state index contributed by atoms with van der Waals surface area (Å²) in [5, 5.41) is 14.3. The van der Waals surface area contributed by atoms with Gasteiger partial charge in [0.2, 0.25) is 10.0 Å². The van der Waals surface area contributed by atoms with Crippen molar-refractivity contribution in [3.05, 3.63) is 77.9 Å². The zero-order valence-corrected chi connectivity index (χ0v) is 16.4. The number of benzene rings is 3. The number of nitrogens with two attached hydrogens (primary N) is 1. The normalized spacial score (nSPS) is 10.9. The van der Waals surface area contributed by atoms with E-state index in [9.17, 15) is 13.2 Å². The standard InChI is InChI=1S/C22H18N2O4S/c1-2-20(25)17-9-7-16(8-10-17)18-4-3-5-19(13-18)28-21-11-6-15(14-23)12-22(21)29(24,26)27/h3-13H,2H2,1H3,(H2,24,26,27). The first-order chi connectivity index (χ1) is 13.8. The largest absolute Gasteiger partial charge is 0.456 e. The summed E-state index contributed by atoms with van der Waals surface area (Å²) >= 11 is 0. The lowest BCUT2D eigenvalue weighted by Gasteiger charge is -2.11. The van der Waals surface area contributed by atoms with E-state index in [-0.39, 0.29) is 22.0 Å². The molecule has 29 heavy (non-hydrogen) atoms. The number of ether oxygens (including phenoxy) is 1. The lowest BCUT2D eigenvalue weighted by Crippen LogP contribution is -2.13. The van der Waals surface area contributed by atoms with Gasteiger partial charge in [-0.2, -0.15) is 5.26 Å². The molecule has 0 fully saturated rings. The molecule has 0 amide bonds. The molecule has 7 heteroatoms. The van der Waals surface area contributed by atoms with Gasteiger partial charge in [0.25, 0.3) is 0 Å². The molecule has 3 rings (SSSR count). The third kappa shape index (κ3) is 4.69. The van der Waals surface area contributed by atoms with Crippen LogP contribution < -0.4 is 9.88 Å². The Balaban J connectivity index is 1.94. The van der Waals surface area contributed by atoms with Gasteiger partial charge in [-0.15, -0.1) is 0 Å². The molecule has 0 unspecified atom stereocenters. The first kappa shape index (κ1) is 20.3. The molecular weight excluding hydrogens is 388 g/mol. The number of hydrogen-bond donors (Lipinski definition) is 1. The Hall–Kier alpha value is -3.47. The minimum atomic E-state index is -4.07. The Morgan fingerprint density at radius 3 is 2.38 bits per heavy atom. The number of nitriles is 1. The Bertz CT molecular complexity index is 1210. The van der Waals surface area contributed by atoms with Crippen LogP contribution in [0.4, 0.5) is 0 Å². The SMILES string of the molecule is CCC(=O)c1ccc(-c2cccc(Oc3ccc(C#N)cc3S(N)(=O)=O)c2)cc1. The Labute approximate surface area is 169 Å². The van der Waals surface area contributed by atoms with E-state index >= 15 is 0 Å². The molecule has 0 spiro atoms. The van der Waals surface area contributed by atoms with Crippen molar-refractivity contribution >= 4 is 15.8 Å². The van der Waals surface area contributed by atoms with Gasteiger partial charge in [-0.3, -0.25) is 4.79 Å². The molecule has 0 saturated heterocycles. The highest BCUT2D eigenvalue weighted by atomic mass is 32.2. The third-order valence-electron chi connectivity index (χ3n) is 4.30. The highest BCUT2D eigenvalue weighted by molar-refractivity contribution is 7.89. The highest BCUT2D eigenvalue weighted by Crippen LogP contribution is 2.31. The van der Waals surface area contributed by atoms with Crippen molar-refractivity contribution in [1.82, 2.24) is 0 Å². The molecule has 2 N–H and O–H groups in total. The molecule has 3 aromatic rings. The predicted octanol–water partition coefficient (Wildman–Crippen LogP) is 4.26. The number of carbonyl (C=O) groups is 1. The van der Waals surface area contributed by atoms with E-state index < -0.39 is 10.0 Å². The maximum absolute atomic E-state index is 11.9. The molecule has 0 heterocycles. The minimum Gasteiger partial charge on any atom is -0.456 e. The van der Waals surface area contributed by atoms with Crippen molar-refractivity contribution in [3.63, 3.8) is 0 Å². The second-order valence-electron chi connectivity index (χ2n) is 6.30. The van der Waals surface area contributed by atoms with Crippen LogP contribution in [0.2, 0.25) is 0 Å². The third-order valence-corrected chi connectivity index (χ3v) is 5.23. The topological polar surface area (TPSA) is 110 Å². The fourth-order valence-corrected chi connectivity index (χ4v) is 3.48. The second-order valence-corrected chi connectivity index (χ2v) is 7.83. The first-order valence-corrected chi connectivity index (χ1v) is 10.3. The van der Waals surface area contributed by atoms with E-state index in [2.05, 4.69) is 0 Å². The molecule has 3 aromatic carbocycles. The number of sulfonamides is 1. The predicted molar refractivity (Wildman–Crippen MR) is 109 cm³/mol. The van der Waals surface area contributed by atoms with Crippen molar-refractivity contribution in [1.29, 1.82) is 5.26 Å². The maximum atomic E-state index is 11.9. The average molecular weight is 406 g/mol. The zero-order chi connectivity index (χ0) is 21.0. The number of hydrogen-bond acceptors (Lipinski definition) is 5. The van der Waals surface area contributed by atoms with Crippen LogP contribution in [-0.4, -0.2) is 14.2 Å². The van der Waals surface area contributed by atoms with Gasteiger partial charge in [0.15, 0.2) is 5.78 Å². The van der Waals surface area contributed by atoms with Crippen LogP contribution in [0.15, 0.2) is 71.6 Å². The Morgan fingerprint density at radius 1 is 1.03 bits per heavy atom. The molecule has 0 atom stereocenters. The molecule has 0 radical (unpaired) electrons. The van der Waals surface area contributed by atoms with Gasteiger partial charge in [0.1, 0.15) is 16.4 Å². The summed E-state index contributed by atoms with van der Waals surface area (Å²) in [6, 6.07) is 20.2. The zero-order valence-electron chi connectivity index (χ0n) is 15.6. The van der Waals surface area contributed by atoms with Crippen molar-refractivity contribution in [2.75, 3.05) is 0 Å². The van der Waals surface area contributed by atoms with Gasteiger partial charge in [-0.05, 0) is 41.5 Å². The van der Waals surface area contributed by atoms with E-state index in [0.29, 0.717) is 17.7 Å². The molecule has 0 bridgehead atoms. The summed E-state index contributed by atoms with van der Waals surface area (Å²) in [6.07, 6.45) is 0.444. The highest BCUT2D eigenvalue weighted by Gasteiger charge is 2.17. The number of Topliss-reactive ketones (excluding diaryl/α,β-unsaturated/α-hetero) is 1. The number of ketones is 1. The summed E-state index contributed by atoms with van der Waals surface area (Å²) in [5.41, 5.74) is 2.54. The van der Waals surface area contributed by atoms with E-state index in [4.69, 9.17) is 15.1 Å². The van der Waals surface area contributed by atoms with E-state index in [0.717, 1.165) is 11.1 Å². The van der Waals surface area contributed by atoms with Gasteiger partial charge in [0, 0.05) is 12.0 Å². The molecule has 6 nitrogen and oxygen atoms in total. The van der Waals surface area contributed by atoms with Crippen LogP contribution in [0.25, 0.3) is 11.1 Å². The lowest BCUT2D eigenvalue weighted by atomic mass is 10.0. The molecule has 0 aromatic heterocycles. The minimum absolute atomic E-state index is 0.0348. The van der Waals surface area contributed by atoms with Crippen molar-refractivity contribution < 1.29 is 17.9 Å². The monoisotopic (exact) mass is 406 g/mol. The molecule has 0 aliphatic heterocycles. The summed E-state index contributed by atoms with van der Waals surface area (Å²) in [7, 11) is -4.07. The number of nitrogens with zero attached hydrogens (tertiary/aromatic N) is 1. The molecule has 146 valence electrons. The maximum Gasteiger partial charge on any atom is 0.241 e. The summed E-state index contributed by atoms with van der Waals surface area (Å²) < 4.78 is 29.5. The fraction of sp³-hybridized carbons (Fsp3) is 0.0909. The Morgan fingerprint density at radius 2 is 1.76 bits per heavy atom. The van der Waals surface area contributed by atoms with Crippen LogP contribution >= 0.6 is 0 Å². The summed E-state index contributed by atoms with van der Waals surface area (Å²) in [6.45, 7) is 1.82. The van der Waals surface area contributed by atoms with E-state index in [1.807, 2.05) is 31.2 Å². The smallest absolute Gasteiger partial charge is 0.241 e. The van der Waals surface area contributed by atoms with E-state index in [1.165, 1.54) is 18.2 Å². The fourth-order valence-electron chi connectivity index (χ4n) is 2.80. The van der Waals surface area contributed by atoms with E-state index in [1.54, 1.807) is 30.3 Å². The van der Waals surface area contributed by atoms with Crippen LogP contribution in [0.3, 0.4) is 0 Å². The van der Waals surface area contributed by atoms with Gasteiger partial charge in [-0.25, -0.2) is 13.6 Å². The van der Waals surface area contributed by atoms with Crippen LogP contribution in [0.1, 0.15) is 29.3 Å². The molecule has 0 saturated carbocycles. The Kier molecular flexibility index (Phi) is 5.78. The van der Waals surface area contributed by atoms with Crippen molar-refractivity contribution in [2.24, 2.45) is 5.14 Å². The first-order valence-electron chi connectivity index (χ1n) is 8.80. The van der Waals surface area contributed by atoms with Crippen molar-refractivity contribution in [2.45, 2.75) is 18.2 Å². The van der Waals surface area contributed by atoms with Gasteiger partial charge in [-0.1, -0.05) is 43.3 Å². The van der Waals surface area contributed by atoms with Crippen molar-refractivity contribution in [3.8, 4) is 28.7 Å². The summed E-state index contributed by atoms with van der Waals surface area (Å²) in [4.78, 5) is 11.5. The van der Waals surface area contributed by atoms with Gasteiger partial charge in [0.05, 0.1) is 11.6 Å². The van der Waals surface area contributed by atoms with Crippen LogP contribution in [0, 0.1) is 11.3 Å². The summed E-state index contributed by atoms with van der Waals surface area (Å²) in [5.74, 6) is 0.517.